The highest BCUT2D eigenvalue weighted by Gasteiger charge is 2.07. The summed E-state index contributed by atoms with van der Waals surface area (Å²) >= 11 is 0. The van der Waals surface area contributed by atoms with Crippen LogP contribution in [0.1, 0.15) is 45.9 Å². The number of aryl methyl sites for hydroxylation is 1. The zero-order chi connectivity index (χ0) is 13.5. The molecule has 0 fully saturated rings. The van der Waals surface area contributed by atoms with Gasteiger partial charge in [0.1, 0.15) is 0 Å². The molecular weight excluding hydrogens is 224 g/mol. The fourth-order valence-electron chi connectivity index (χ4n) is 2.08. The molecule has 0 aliphatic carbocycles. The van der Waals surface area contributed by atoms with Crippen molar-refractivity contribution in [2.75, 3.05) is 31.5 Å². The summed E-state index contributed by atoms with van der Waals surface area (Å²) in [4.78, 5) is 6.97. The van der Waals surface area contributed by atoms with Gasteiger partial charge in [0.05, 0.1) is 5.69 Å². The average Bonchev–Trinajstić information content (AvgIpc) is 2.71. The van der Waals surface area contributed by atoms with Crippen molar-refractivity contribution >= 4 is 5.95 Å². The van der Waals surface area contributed by atoms with Gasteiger partial charge in [0.2, 0.25) is 5.95 Å². The maximum Gasteiger partial charge on any atom is 0.203 e. The largest absolute Gasteiger partial charge is 0.356 e. The van der Waals surface area contributed by atoms with Crippen LogP contribution in [-0.4, -0.2) is 40.6 Å². The van der Waals surface area contributed by atoms with Gasteiger partial charge in [0.15, 0.2) is 0 Å². The molecule has 0 aliphatic heterocycles. The molecule has 0 bridgehead atoms. The van der Waals surface area contributed by atoms with Gasteiger partial charge in [-0.05, 0) is 46.8 Å². The number of aromatic nitrogens is 2. The molecule has 1 aromatic rings. The lowest BCUT2D eigenvalue weighted by molar-refractivity contribution is 0.303. The highest BCUT2D eigenvalue weighted by Crippen LogP contribution is 2.14. The minimum atomic E-state index is 0.455. The first-order valence-corrected chi connectivity index (χ1v) is 7.10. The van der Waals surface area contributed by atoms with E-state index in [9.17, 15) is 0 Å². The first-order valence-electron chi connectivity index (χ1n) is 7.10. The Morgan fingerprint density at radius 2 is 2.00 bits per heavy atom. The number of nitrogens with zero attached hydrogens (tertiary/aromatic N) is 3. The van der Waals surface area contributed by atoms with E-state index in [0.29, 0.717) is 6.04 Å². The monoisotopic (exact) mass is 252 g/mol. The second kappa shape index (κ2) is 7.41. The van der Waals surface area contributed by atoms with Crippen LogP contribution in [0, 0.1) is 6.92 Å². The van der Waals surface area contributed by atoms with Crippen LogP contribution in [0.15, 0.2) is 6.20 Å². The minimum absolute atomic E-state index is 0.455. The Balaban J connectivity index is 2.39. The second-order valence-electron chi connectivity index (χ2n) is 5.01. The summed E-state index contributed by atoms with van der Waals surface area (Å²) < 4.78 is 2.20. The van der Waals surface area contributed by atoms with Crippen molar-refractivity contribution in [2.45, 2.75) is 47.1 Å². The van der Waals surface area contributed by atoms with Crippen molar-refractivity contribution in [1.82, 2.24) is 14.5 Å². The summed E-state index contributed by atoms with van der Waals surface area (Å²) in [6.07, 6.45) is 3.27. The lowest BCUT2D eigenvalue weighted by Gasteiger charge is -2.18. The van der Waals surface area contributed by atoms with Crippen LogP contribution < -0.4 is 5.32 Å². The average molecular weight is 252 g/mol. The molecule has 0 saturated heterocycles. The first-order chi connectivity index (χ1) is 8.58. The van der Waals surface area contributed by atoms with Gasteiger partial charge in [-0.2, -0.15) is 0 Å². The smallest absolute Gasteiger partial charge is 0.203 e. The highest BCUT2D eigenvalue weighted by atomic mass is 15.2. The molecule has 1 aromatic heterocycles. The van der Waals surface area contributed by atoms with E-state index >= 15 is 0 Å². The van der Waals surface area contributed by atoms with Crippen LogP contribution >= 0.6 is 0 Å². The molecule has 0 spiro atoms. The number of hydrogen-bond donors (Lipinski definition) is 1. The number of anilines is 1. The molecule has 0 atom stereocenters. The van der Waals surface area contributed by atoms with Crippen LogP contribution in [0.3, 0.4) is 0 Å². The highest BCUT2D eigenvalue weighted by molar-refractivity contribution is 5.29. The van der Waals surface area contributed by atoms with E-state index in [0.717, 1.165) is 44.2 Å². The maximum atomic E-state index is 4.53. The first kappa shape index (κ1) is 15.0. The molecule has 1 heterocycles. The molecule has 0 aliphatic rings. The summed E-state index contributed by atoms with van der Waals surface area (Å²) in [5.74, 6) is 1.00. The van der Waals surface area contributed by atoms with Crippen molar-refractivity contribution in [3.8, 4) is 0 Å². The van der Waals surface area contributed by atoms with Crippen molar-refractivity contribution in [3.63, 3.8) is 0 Å². The van der Waals surface area contributed by atoms with Gasteiger partial charge in [-0.3, -0.25) is 0 Å². The number of imidazole rings is 1. The third-order valence-corrected chi connectivity index (χ3v) is 3.24. The van der Waals surface area contributed by atoms with Gasteiger partial charge < -0.3 is 14.8 Å². The van der Waals surface area contributed by atoms with Crippen molar-refractivity contribution in [1.29, 1.82) is 0 Å². The zero-order valence-corrected chi connectivity index (χ0v) is 12.5. The Morgan fingerprint density at radius 3 is 2.56 bits per heavy atom. The summed E-state index contributed by atoms with van der Waals surface area (Å²) in [5.41, 5.74) is 1.08. The molecule has 0 amide bonds. The molecule has 104 valence electrons. The molecule has 0 aromatic carbocycles. The lowest BCUT2D eigenvalue weighted by atomic mass is 10.3. The molecule has 1 N–H and O–H groups in total. The molecular formula is C14H28N4. The van der Waals surface area contributed by atoms with E-state index in [2.05, 4.69) is 53.7 Å². The Labute approximate surface area is 111 Å². The van der Waals surface area contributed by atoms with Crippen LogP contribution in [0.2, 0.25) is 0 Å². The Morgan fingerprint density at radius 1 is 1.33 bits per heavy atom. The van der Waals surface area contributed by atoms with Gasteiger partial charge >= 0.3 is 0 Å². The number of hydrogen-bond acceptors (Lipinski definition) is 3. The third kappa shape index (κ3) is 4.33. The van der Waals surface area contributed by atoms with Gasteiger partial charge in [-0.15, -0.1) is 0 Å². The molecule has 0 radical (unpaired) electrons. The van der Waals surface area contributed by atoms with E-state index in [1.54, 1.807) is 0 Å². The third-order valence-electron chi connectivity index (χ3n) is 3.24. The fraction of sp³-hybridized carbons (Fsp3) is 0.786. The van der Waals surface area contributed by atoms with E-state index in [-0.39, 0.29) is 0 Å². The topological polar surface area (TPSA) is 33.1 Å². The predicted molar refractivity (Wildman–Crippen MR) is 78.2 cm³/mol. The van der Waals surface area contributed by atoms with E-state index in [4.69, 9.17) is 0 Å². The van der Waals surface area contributed by atoms with Gasteiger partial charge in [0, 0.05) is 18.8 Å². The summed E-state index contributed by atoms with van der Waals surface area (Å²) in [6, 6.07) is 0.455. The minimum Gasteiger partial charge on any atom is -0.356 e. The molecule has 0 saturated carbocycles. The quantitative estimate of drug-likeness (QED) is 0.722. The number of rotatable bonds is 8. The molecule has 1 rings (SSSR count). The second-order valence-corrected chi connectivity index (χ2v) is 5.01. The Kier molecular flexibility index (Phi) is 6.19. The predicted octanol–water partition coefficient (Wildman–Crippen LogP) is 2.92. The number of nitrogens with one attached hydrogen (secondary N) is 1. The summed E-state index contributed by atoms with van der Waals surface area (Å²) in [5, 5.41) is 3.44. The van der Waals surface area contributed by atoms with Crippen molar-refractivity contribution in [2.24, 2.45) is 0 Å². The van der Waals surface area contributed by atoms with Crippen molar-refractivity contribution < 1.29 is 0 Å². The molecule has 18 heavy (non-hydrogen) atoms. The molecule has 4 heteroatoms. The summed E-state index contributed by atoms with van der Waals surface area (Å²) in [6.45, 7) is 15.2. The van der Waals surface area contributed by atoms with Crippen LogP contribution in [0.5, 0.6) is 0 Å². The van der Waals surface area contributed by atoms with Gasteiger partial charge in [0.25, 0.3) is 0 Å². The standard InChI is InChI=1S/C14H28N4/c1-6-17(7-2)10-8-9-15-14-16-13(5)11-18(14)12(3)4/h11-12H,6-10H2,1-5H3,(H,15,16). The zero-order valence-electron chi connectivity index (χ0n) is 12.5. The van der Waals surface area contributed by atoms with E-state index < -0.39 is 0 Å². The maximum absolute atomic E-state index is 4.53. The van der Waals surface area contributed by atoms with Gasteiger partial charge in [-0.25, -0.2) is 4.98 Å². The van der Waals surface area contributed by atoms with Crippen molar-refractivity contribution in [3.05, 3.63) is 11.9 Å². The van der Waals surface area contributed by atoms with E-state index in [1.807, 2.05) is 6.92 Å². The van der Waals surface area contributed by atoms with Crippen LogP contribution in [0.25, 0.3) is 0 Å². The molecule has 4 nitrogen and oxygen atoms in total. The fourth-order valence-corrected chi connectivity index (χ4v) is 2.08. The lowest BCUT2D eigenvalue weighted by Crippen LogP contribution is -2.25. The van der Waals surface area contributed by atoms with E-state index in [1.165, 1.54) is 0 Å². The Bertz CT molecular complexity index is 340. The molecule has 0 unspecified atom stereocenters. The van der Waals surface area contributed by atoms with Crippen LogP contribution in [0.4, 0.5) is 5.95 Å². The summed E-state index contributed by atoms with van der Waals surface area (Å²) in [7, 11) is 0. The van der Waals surface area contributed by atoms with Crippen LogP contribution in [-0.2, 0) is 0 Å². The Hall–Kier alpha value is -1.03. The van der Waals surface area contributed by atoms with Gasteiger partial charge in [-0.1, -0.05) is 13.8 Å². The SMILES string of the molecule is CCN(CC)CCCNc1nc(C)cn1C(C)C. The normalized spacial score (nSPS) is 11.5.